The number of hydrogen-bond acceptors (Lipinski definition) is 4. The maximum absolute atomic E-state index is 9.60. The Labute approximate surface area is 111 Å². The Morgan fingerprint density at radius 2 is 2.05 bits per heavy atom. The smallest absolute Gasteiger partial charge is 0.300 e. The largest absolute Gasteiger partial charge is 0.481 e. The van der Waals surface area contributed by atoms with Crippen LogP contribution >= 0.6 is 0 Å². The molecule has 2 N–H and O–H groups in total. The SMILES string of the molecule is CC(=O)O.CC12CC(O)OC(Cc3ccccc31)O2. The minimum Gasteiger partial charge on any atom is -0.481 e. The standard InChI is InChI=1S/C12H14O3.C2H4O2/c1-12-7-10(13)14-11(15-12)6-8-4-2-3-5-9(8)12;1-2(3)4/h2-5,10-11,13H,6-7H2,1H3;1H3,(H,3,4). The molecule has 1 aromatic rings. The summed E-state index contributed by atoms with van der Waals surface area (Å²) in [6, 6.07) is 8.21. The fraction of sp³-hybridized carbons (Fsp3) is 0.500. The Morgan fingerprint density at radius 3 is 2.74 bits per heavy atom. The molecule has 2 aliphatic rings. The summed E-state index contributed by atoms with van der Waals surface area (Å²) in [5, 5.41) is 17.0. The van der Waals surface area contributed by atoms with Gasteiger partial charge in [0.2, 0.25) is 0 Å². The number of carbonyl (C=O) groups is 1. The molecule has 19 heavy (non-hydrogen) atoms. The highest BCUT2D eigenvalue weighted by molar-refractivity contribution is 5.62. The van der Waals surface area contributed by atoms with Crippen LogP contribution in [0.2, 0.25) is 0 Å². The molecule has 2 aliphatic heterocycles. The average Bonchev–Trinajstić information content (AvgIpc) is 2.26. The molecule has 5 heteroatoms. The van der Waals surface area contributed by atoms with E-state index in [0.29, 0.717) is 6.42 Å². The van der Waals surface area contributed by atoms with E-state index in [-0.39, 0.29) is 6.29 Å². The summed E-state index contributed by atoms with van der Waals surface area (Å²) in [4.78, 5) is 9.00. The lowest BCUT2D eigenvalue weighted by Gasteiger charge is -2.45. The van der Waals surface area contributed by atoms with Gasteiger partial charge in [-0.05, 0) is 18.1 Å². The molecule has 5 nitrogen and oxygen atoms in total. The average molecular weight is 266 g/mol. The van der Waals surface area contributed by atoms with Gasteiger partial charge in [0, 0.05) is 19.8 Å². The summed E-state index contributed by atoms with van der Waals surface area (Å²) in [6.45, 7) is 3.10. The van der Waals surface area contributed by atoms with Crippen molar-refractivity contribution in [2.45, 2.75) is 44.9 Å². The number of benzene rings is 1. The number of fused-ring (bicyclic) bond motifs is 4. The third kappa shape index (κ3) is 3.12. The Balaban J connectivity index is 0.000000297. The van der Waals surface area contributed by atoms with Gasteiger partial charge in [0.15, 0.2) is 12.6 Å². The van der Waals surface area contributed by atoms with E-state index in [1.165, 1.54) is 11.1 Å². The van der Waals surface area contributed by atoms with Crippen LogP contribution in [-0.2, 0) is 26.3 Å². The van der Waals surface area contributed by atoms with Gasteiger partial charge in [0.1, 0.15) is 0 Å². The fourth-order valence-electron chi connectivity index (χ4n) is 2.58. The molecule has 0 amide bonds. The van der Waals surface area contributed by atoms with Crippen LogP contribution in [0, 0.1) is 0 Å². The van der Waals surface area contributed by atoms with Gasteiger partial charge in [-0.25, -0.2) is 0 Å². The molecule has 0 radical (unpaired) electrons. The van der Waals surface area contributed by atoms with Crippen LogP contribution in [0.15, 0.2) is 24.3 Å². The third-order valence-electron chi connectivity index (χ3n) is 3.24. The van der Waals surface area contributed by atoms with E-state index in [4.69, 9.17) is 19.4 Å². The maximum Gasteiger partial charge on any atom is 0.300 e. The van der Waals surface area contributed by atoms with E-state index in [1.54, 1.807) is 0 Å². The molecule has 0 spiro atoms. The van der Waals surface area contributed by atoms with E-state index in [2.05, 4.69) is 12.1 Å². The monoisotopic (exact) mass is 266 g/mol. The molecule has 3 unspecified atom stereocenters. The summed E-state index contributed by atoms with van der Waals surface area (Å²) in [5.74, 6) is -0.833. The Kier molecular flexibility index (Phi) is 3.89. The summed E-state index contributed by atoms with van der Waals surface area (Å²) in [5.41, 5.74) is 2.06. The number of aliphatic hydroxyl groups excluding tert-OH is 1. The van der Waals surface area contributed by atoms with Crippen molar-refractivity contribution in [3.63, 3.8) is 0 Å². The van der Waals surface area contributed by atoms with Crippen LogP contribution in [0.5, 0.6) is 0 Å². The minimum absolute atomic E-state index is 0.298. The molecule has 0 saturated carbocycles. The number of hydrogen-bond donors (Lipinski definition) is 2. The first-order valence-electron chi connectivity index (χ1n) is 6.20. The first-order valence-corrected chi connectivity index (χ1v) is 6.20. The van der Waals surface area contributed by atoms with Gasteiger partial charge in [-0.3, -0.25) is 4.79 Å². The summed E-state index contributed by atoms with van der Waals surface area (Å²) in [7, 11) is 0. The highest BCUT2D eigenvalue weighted by Crippen LogP contribution is 2.42. The molecule has 2 bridgehead atoms. The van der Waals surface area contributed by atoms with E-state index in [1.807, 2.05) is 19.1 Å². The van der Waals surface area contributed by atoms with Gasteiger partial charge in [-0.15, -0.1) is 0 Å². The quantitative estimate of drug-likeness (QED) is 0.746. The molecule has 3 atom stereocenters. The van der Waals surface area contributed by atoms with E-state index >= 15 is 0 Å². The molecule has 0 aliphatic carbocycles. The molecule has 0 aromatic heterocycles. The predicted octanol–water partition coefficient (Wildman–Crippen LogP) is 1.63. The fourth-order valence-corrected chi connectivity index (χ4v) is 2.58. The second kappa shape index (κ2) is 5.28. The highest BCUT2D eigenvalue weighted by atomic mass is 16.7. The molecule has 104 valence electrons. The topological polar surface area (TPSA) is 76.0 Å². The Bertz CT molecular complexity index is 469. The van der Waals surface area contributed by atoms with E-state index in [0.717, 1.165) is 13.3 Å². The Morgan fingerprint density at radius 1 is 1.42 bits per heavy atom. The molecule has 3 rings (SSSR count). The van der Waals surface area contributed by atoms with Crippen molar-refractivity contribution in [3.05, 3.63) is 35.4 Å². The van der Waals surface area contributed by atoms with Crippen LogP contribution in [0.25, 0.3) is 0 Å². The van der Waals surface area contributed by atoms with Crippen molar-refractivity contribution in [2.75, 3.05) is 0 Å². The number of rotatable bonds is 0. The molecule has 2 heterocycles. The number of carboxylic acid groups (broad SMARTS) is 1. The lowest BCUT2D eigenvalue weighted by atomic mass is 9.83. The van der Waals surface area contributed by atoms with Crippen molar-refractivity contribution < 1.29 is 24.5 Å². The maximum atomic E-state index is 9.60. The number of ether oxygens (including phenoxy) is 2. The molecule has 1 saturated heterocycles. The van der Waals surface area contributed by atoms with Gasteiger partial charge in [-0.1, -0.05) is 24.3 Å². The summed E-state index contributed by atoms with van der Waals surface area (Å²) < 4.78 is 11.1. The van der Waals surface area contributed by atoms with Gasteiger partial charge in [-0.2, -0.15) is 0 Å². The van der Waals surface area contributed by atoms with Gasteiger partial charge >= 0.3 is 0 Å². The molecule has 1 fully saturated rings. The van der Waals surface area contributed by atoms with E-state index < -0.39 is 17.9 Å². The molecular formula is C14H18O5. The van der Waals surface area contributed by atoms with Gasteiger partial charge in [0.25, 0.3) is 5.97 Å². The zero-order valence-corrected chi connectivity index (χ0v) is 11.0. The van der Waals surface area contributed by atoms with Crippen molar-refractivity contribution in [1.29, 1.82) is 0 Å². The van der Waals surface area contributed by atoms with Crippen molar-refractivity contribution in [1.82, 2.24) is 0 Å². The van der Waals surface area contributed by atoms with Crippen LogP contribution in [-0.4, -0.2) is 28.8 Å². The number of aliphatic carboxylic acids is 1. The van der Waals surface area contributed by atoms with Gasteiger partial charge in [0.05, 0.1) is 5.60 Å². The third-order valence-corrected chi connectivity index (χ3v) is 3.24. The van der Waals surface area contributed by atoms with Crippen molar-refractivity contribution in [3.8, 4) is 0 Å². The predicted molar refractivity (Wildman–Crippen MR) is 67.4 cm³/mol. The van der Waals surface area contributed by atoms with E-state index in [9.17, 15) is 5.11 Å². The van der Waals surface area contributed by atoms with Crippen LogP contribution in [0.4, 0.5) is 0 Å². The van der Waals surface area contributed by atoms with Crippen molar-refractivity contribution in [2.24, 2.45) is 0 Å². The highest BCUT2D eigenvalue weighted by Gasteiger charge is 2.44. The zero-order valence-electron chi connectivity index (χ0n) is 11.0. The van der Waals surface area contributed by atoms with Crippen molar-refractivity contribution >= 4 is 5.97 Å². The molecule has 1 aromatic carbocycles. The second-order valence-electron chi connectivity index (χ2n) is 4.95. The van der Waals surface area contributed by atoms with Crippen LogP contribution < -0.4 is 0 Å². The van der Waals surface area contributed by atoms with Crippen LogP contribution in [0.1, 0.15) is 31.4 Å². The normalized spacial score (nSPS) is 31.7. The first kappa shape index (κ1) is 14.0. The zero-order chi connectivity index (χ0) is 14.0. The number of aliphatic hydroxyl groups is 1. The summed E-state index contributed by atoms with van der Waals surface area (Å²) >= 11 is 0. The minimum atomic E-state index is -0.833. The summed E-state index contributed by atoms with van der Waals surface area (Å²) in [6.07, 6.45) is 0.222. The Hall–Kier alpha value is -1.43. The second-order valence-corrected chi connectivity index (χ2v) is 4.95. The first-order chi connectivity index (χ1) is 8.90. The van der Waals surface area contributed by atoms with Crippen LogP contribution in [0.3, 0.4) is 0 Å². The lowest BCUT2D eigenvalue weighted by molar-refractivity contribution is -0.331. The lowest BCUT2D eigenvalue weighted by Crippen LogP contribution is -2.48. The molecular weight excluding hydrogens is 248 g/mol. The number of carboxylic acids is 1. The van der Waals surface area contributed by atoms with Gasteiger partial charge < -0.3 is 19.7 Å².